The van der Waals surface area contributed by atoms with Gasteiger partial charge in [-0.2, -0.15) is 0 Å². The number of hydrogen-bond donors (Lipinski definition) is 1. The van der Waals surface area contributed by atoms with Crippen molar-refractivity contribution < 1.29 is 24.3 Å². The van der Waals surface area contributed by atoms with E-state index in [2.05, 4.69) is 13.8 Å². The number of carbonyl (C=O) groups is 2. The summed E-state index contributed by atoms with van der Waals surface area (Å²) in [5, 5.41) is 13.9. The van der Waals surface area contributed by atoms with Gasteiger partial charge in [0.1, 0.15) is 5.75 Å². The van der Waals surface area contributed by atoms with Gasteiger partial charge in [-0.25, -0.2) is 0 Å². The van der Waals surface area contributed by atoms with Crippen LogP contribution >= 0.6 is 11.6 Å². The third-order valence-corrected chi connectivity index (χ3v) is 6.26. The van der Waals surface area contributed by atoms with Crippen LogP contribution in [0.3, 0.4) is 0 Å². The monoisotopic (exact) mass is 470 g/mol. The first-order valence-electron chi connectivity index (χ1n) is 11.5. The SMILES string of the molecule is CCCOc1ccc(C2/C(=C(\[O-])c3ccc(Cl)cc3)C(=O)C(=O)N2CC[NH+](CC)CC)cc1. The van der Waals surface area contributed by atoms with Gasteiger partial charge in [0.25, 0.3) is 5.91 Å². The number of quaternary nitrogens is 1. The number of Topliss-reactive ketones (excluding diaryl/α,β-unsaturated/α-hetero) is 1. The Bertz CT molecular complexity index is 998. The Morgan fingerprint density at radius 2 is 1.67 bits per heavy atom. The minimum absolute atomic E-state index is 0.0147. The van der Waals surface area contributed by atoms with Gasteiger partial charge in [0.15, 0.2) is 0 Å². The Balaban J connectivity index is 2.04. The normalized spacial score (nSPS) is 17.7. The van der Waals surface area contributed by atoms with Crippen molar-refractivity contribution in [3.05, 3.63) is 70.3 Å². The van der Waals surface area contributed by atoms with Crippen LogP contribution in [0.1, 0.15) is 44.4 Å². The zero-order chi connectivity index (χ0) is 24.0. The Kier molecular flexibility index (Phi) is 8.53. The summed E-state index contributed by atoms with van der Waals surface area (Å²) in [6.07, 6.45) is 0.891. The number of ketones is 1. The third-order valence-electron chi connectivity index (χ3n) is 6.01. The van der Waals surface area contributed by atoms with Gasteiger partial charge >= 0.3 is 0 Å². The number of halogens is 1. The van der Waals surface area contributed by atoms with E-state index in [1.54, 1.807) is 29.2 Å². The average Bonchev–Trinajstić information content (AvgIpc) is 3.08. The summed E-state index contributed by atoms with van der Waals surface area (Å²) in [4.78, 5) is 29.0. The lowest BCUT2D eigenvalue weighted by Crippen LogP contribution is -3.12. The van der Waals surface area contributed by atoms with Crippen molar-refractivity contribution in [3.8, 4) is 5.75 Å². The summed E-state index contributed by atoms with van der Waals surface area (Å²) < 4.78 is 5.67. The zero-order valence-electron chi connectivity index (χ0n) is 19.4. The van der Waals surface area contributed by atoms with Gasteiger partial charge < -0.3 is 19.6 Å². The van der Waals surface area contributed by atoms with Crippen LogP contribution < -0.4 is 14.7 Å². The van der Waals surface area contributed by atoms with Gasteiger partial charge in [-0.1, -0.05) is 48.5 Å². The Hall–Kier alpha value is -2.83. The van der Waals surface area contributed by atoms with E-state index in [4.69, 9.17) is 16.3 Å². The fourth-order valence-electron chi connectivity index (χ4n) is 4.05. The fraction of sp³-hybridized carbons (Fsp3) is 0.385. The molecule has 1 atom stereocenters. The quantitative estimate of drug-likeness (QED) is 0.328. The second-order valence-corrected chi connectivity index (χ2v) is 8.54. The fourth-order valence-corrected chi connectivity index (χ4v) is 4.18. The molecule has 2 aromatic rings. The molecule has 0 aromatic heterocycles. The molecule has 1 aliphatic rings. The molecule has 33 heavy (non-hydrogen) atoms. The summed E-state index contributed by atoms with van der Waals surface area (Å²) in [5.74, 6) is -1.10. The second kappa shape index (κ2) is 11.3. The highest BCUT2D eigenvalue weighted by Crippen LogP contribution is 2.39. The number of rotatable bonds is 10. The van der Waals surface area contributed by atoms with E-state index in [-0.39, 0.29) is 5.57 Å². The summed E-state index contributed by atoms with van der Waals surface area (Å²) in [7, 11) is 0. The van der Waals surface area contributed by atoms with Crippen LogP contribution in [0, 0.1) is 0 Å². The van der Waals surface area contributed by atoms with E-state index in [1.807, 2.05) is 31.2 Å². The minimum Gasteiger partial charge on any atom is -0.872 e. The van der Waals surface area contributed by atoms with E-state index in [0.717, 1.165) is 19.5 Å². The third kappa shape index (κ3) is 5.57. The van der Waals surface area contributed by atoms with Crippen LogP contribution in [-0.4, -0.2) is 49.4 Å². The molecule has 1 aliphatic heterocycles. The maximum Gasteiger partial charge on any atom is 0.295 e. The summed E-state index contributed by atoms with van der Waals surface area (Å²) in [6.45, 7) is 9.73. The molecule has 0 bridgehead atoms. The molecule has 1 unspecified atom stereocenters. The highest BCUT2D eigenvalue weighted by atomic mass is 35.5. The highest BCUT2D eigenvalue weighted by Gasteiger charge is 2.44. The molecule has 1 heterocycles. The van der Waals surface area contributed by atoms with E-state index >= 15 is 0 Å². The lowest BCUT2D eigenvalue weighted by molar-refractivity contribution is -0.895. The number of likely N-dealkylation sites (N-methyl/N-ethyl adjacent to an activating group) is 1. The topological polar surface area (TPSA) is 74.1 Å². The number of nitrogens with zero attached hydrogens (tertiary/aromatic N) is 1. The van der Waals surface area contributed by atoms with Crippen LogP contribution in [0.25, 0.3) is 5.76 Å². The molecule has 0 saturated carbocycles. The number of benzene rings is 2. The van der Waals surface area contributed by atoms with Crippen LogP contribution in [0.5, 0.6) is 5.75 Å². The van der Waals surface area contributed by atoms with Crippen molar-refractivity contribution in [1.82, 2.24) is 4.90 Å². The van der Waals surface area contributed by atoms with Gasteiger partial charge in [-0.15, -0.1) is 0 Å². The van der Waals surface area contributed by atoms with Crippen molar-refractivity contribution in [1.29, 1.82) is 0 Å². The highest BCUT2D eigenvalue weighted by molar-refractivity contribution is 6.46. The second-order valence-electron chi connectivity index (χ2n) is 8.10. The molecule has 176 valence electrons. The molecule has 1 saturated heterocycles. The summed E-state index contributed by atoms with van der Waals surface area (Å²) in [6, 6.07) is 12.9. The predicted octanol–water partition coefficient (Wildman–Crippen LogP) is 2.28. The summed E-state index contributed by atoms with van der Waals surface area (Å²) in [5.41, 5.74) is 1.03. The Morgan fingerprint density at radius 3 is 2.24 bits per heavy atom. The van der Waals surface area contributed by atoms with Gasteiger partial charge in [0.05, 0.1) is 38.8 Å². The van der Waals surface area contributed by atoms with Crippen molar-refractivity contribution in [2.24, 2.45) is 0 Å². The molecule has 0 aliphatic carbocycles. The van der Waals surface area contributed by atoms with Crippen molar-refractivity contribution >= 4 is 29.1 Å². The molecule has 0 radical (unpaired) electrons. The molecule has 6 nitrogen and oxygen atoms in total. The first-order chi connectivity index (χ1) is 15.9. The maximum absolute atomic E-state index is 13.4. The predicted molar refractivity (Wildman–Crippen MR) is 127 cm³/mol. The molecule has 2 aromatic carbocycles. The van der Waals surface area contributed by atoms with Crippen LogP contribution in [-0.2, 0) is 9.59 Å². The zero-order valence-corrected chi connectivity index (χ0v) is 20.2. The van der Waals surface area contributed by atoms with E-state index in [9.17, 15) is 14.7 Å². The number of amides is 1. The molecule has 1 fully saturated rings. The van der Waals surface area contributed by atoms with Crippen LogP contribution in [0.15, 0.2) is 54.1 Å². The molecule has 1 N–H and O–H groups in total. The Morgan fingerprint density at radius 1 is 1.03 bits per heavy atom. The average molecular weight is 471 g/mol. The van der Waals surface area contributed by atoms with E-state index in [1.165, 1.54) is 4.90 Å². The van der Waals surface area contributed by atoms with Gasteiger partial charge in [0.2, 0.25) is 5.78 Å². The molecule has 3 rings (SSSR count). The number of ether oxygens (including phenoxy) is 1. The molecular weight excluding hydrogens is 440 g/mol. The standard InChI is InChI=1S/C26H31ClN2O4/c1-4-17-33-21-13-9-18(10-14-21)23-22(24(30)19-7-11-20(27)12-8-19)25(31)26(32)29(23)16-15-28(5-2)6-3/h7-14,23,30H,4-6,15-17H2,1-3H3/b24-22+. The smallest absolute Gasteiger partial charge is 0.295 e. The van der Waals surface area contributed by atoms with Gasteiger partial charge in [-0.3, -0.25) is 9.59 Å². The van der Waals surface area contributed by atoms with Crippen LogP contribution in [0.2, 0.25) is 5.02 Å². The lowest BCUT2D eigenvalue weighted by Gasteiger charge is -2.28. The first-order valence-corrected chi connectivity index (χ1v) is 11.9. The Labute approximate surface area is 200 Å². The van der Waals surface area contributed by atoms with Gasteiger partial charge in [0, 0.05) is 10.6 Å². The summed E-state index contributed by atoms with van der Waals surface area (Å²) >= 11 is 5.96. The number of nitrogens with one attached hydrogen (secondary N) is 1. The molecule has 0 spiro atoms. The number of hydrogen-bond acceptors (Lipinski definition) is 4. The lowest BCUT2D eigenvalue weighted by atomic mass is 9.95. The first kappa shape index (κ1) is 24.8. The largest absolute Gasteiger partial charge is 0.872 e. The van der Waals surface area contributed by atoms with Gasteiger partial charge in [-0.05, 0) is 55.7 Å². The van der Waals surface area contributed by atoms with E-state index < -0.39 is 23.5 Å². The number of carbonyl (C=O) groups excluding carboxylic acids is 2. The maximum atomic E-state index is 13.4. The molecule has 1 amide bonds. The molecule has 7 heteroatoms. The van der Waals surface area contributed by atoms with Crippen molar-refractivity contribution in [2.75, 3.05) is 32.8 Å². The van der Waals surface area contributed by atoms with Crippen molar-refractivity contribution in [3.63, 3.8) is 0 Å². The molecular formula is C26H31ClN2O4. The van der Waals surface area contributed by atoms with Crippen LogP contribution in [0.4, 0.5) is 0 Å². The number of likely N-dealkylation sites (tertiary alicyclic amines) is 1. The minimum atomic E-state index is -0.735. The van der Waals surface area contributed by atoms with Crippen molar-refractivity contribution in [2.45, 2.75) is 33.2 Å². The van der Waals surface area contributed by atoms with E-state index in [0.29, 0.717) is 41.6 Å².